The monoisotopic (exact) mass is 383 g/mol. The lowest BCUT2D eigenvalue weighted by atomic mass is 9.99. The SMILES string of the molecule is C=C(O)c1nc2nc(C)cc(N[C@H]3CCc4ccc(-c5ccccc5)cc43)n2n1. The van der Waals surface area contributed by atoms with Crippen LogP contribution in [0.5, 0.6) is 0 Å². The van der Waals surface area contributed by atoms with Crippen LogP contribution >= 0.6 is 0 Å². The number of aryl methyl sites for hydroxylation is 2. The lowest BCUT2D eigenvalue weighted by Crippen LogP contribution is -2.12. The highest BCUT2D eigenvalue weighted by molar-refractivity contribution is 5.66. The Morgan fingerprint density at radius 3 is 2.72 bits per heavy atom. The van der Waals surface area contributed by atoms with E-state index in [-0.39, 0.29) is 17.6 Å². The molecule has 2 N–H and O–H groups in total. The highest BCUT2D eigenvalue weighted by Gasteiger charge is 2.24. The molecule has 1 atom stereocenters. The van der Waals surface area contributed by atoms with Gasteiger partial charge in [0.05, 0.1) is 6.04 Å². The molecule has 4 aromatic rings. The van der Waals surface area contributed by atoms with E-state index in [4.69, 9.17) is 0 Å². The molecular weight excluding hydrogens is 362 g/mol. The van der Waals surface area contributed by atoms with E-state index < -0.39 is 0 Å². The summed E-state index contributed by atoms with van der Waals surface area (Å²) in [6.07, 6.45) is 2.04. The van der Waals surface area contributed by atoms with Gasteiger partial charge in [-0.3, -0.25) is 0 Å². The first-order chi connectivity index (χ1) is 14.1. The molecule has 144 valence electrons. The number of nitrogens with one attached hydrogen (secondary N) is 1. The zero-order chi connectivity index (χ0) is 20.0. The van der Waals surface area contributed by atoms with Crippen LogP contribution in [0.25, 0.3) is 22.7 Å². The lowest BCUT2D eigenvalue weighted by molar-refractivity contribution is 0.506. The summed E-state index contributed by atoms with van der Waals surface area (Å²) in [5.41, 5.74) is 5.94. The van der Waals surface area contributed by atoms with Crippen molar-refractivity contribution in [2.24, 2.45) is 0 Å². The Morgan fingerprint density at radius 2 is 1.93 bits per heavy atom. The molecule has 2 aromatic heterocycles. The van der Waals surface area contributed by atoms with Gasteiger partial charge in [0.25, 0.3) is 5.78 Å². The van der Waals surface area contributed by atoms with Crippen molar-refractivity contribution in [3.63, 3.8) is 0 Å². The first-order valence-electron chi connectivity index (χ1n) is 9.66. The molecule has 0 aliphatic heterocycles. The Hall–Kier alpha value is -3.67. The van der Waals surface area contributed by atoms with Crippen LogP contribution in [0, 0.1) is 6.92 Å². The molecule has 2 aromatic carbocycles. The minimum Gasteiger partial charge on any atom is -0.505 e. The van der Waals surface area contributed by atoms with E-state index >= 15 is 0 Å². The number of aromatic nitrogens is 4. The van der Waals surface area contributed by atoms with Crippen LogP contribution in [-0.2, 0) is 6.42 Å². The second-order valence-corrected chi connectivity index (χ2v) is 7.39. The average molecular weight is 383 g/mol. The Balaban J connectivity index is 1.53. The van der Waals surface area contributed by atoms with Gasteiger partial charge in [-0.05, 0) is 48.1 Å². The van der Waals surface area contributed by atoms with E-state index in [9.17, 15) is 5.11 Å². The molecule has 0 radical (unpaired) electrons. The molecule has 0 saturated heterocycles. The number of aliphatic hydroxyl groups excluding tert-OH is 1. The smallest absolute Gasteiger partial charge is 0.254 e. The molecule has 29 heavy (non-hydrogen) atoms. The first-order valence-corrected chi connectivity index (χ1v) is 9.66. The minimum atomic E-state index is -0.169. The minimum absolute atomic E-state index is 0.169. The molecule has 0 saturated carbocycles. The van der Waals surface area contributed by atoms with Crippen LogP contribution in [-0.4, -0.2) is 24.7 Å². The molecule has 0 bridgehead atoms. The number of nitrogens with zero attached hydrogens (tertiary/aromatic N) is 4. The molecule has 6 heteroatoms. The Kier molecular flexibility index (Phi) is 4.05. The molecule has 2 heterocycles. The van der Waals surface area contributed by atoms with Gasteiger partial charge in [-0.15, -0.1) is 5.10 Å². The van der Waals surface area contributed by atoms with Gasteiger partial charge in [0.2, 0.25) is 5.82 Å². The van der Waals surface area contributed by atoms with Crippen LogP contribution in [0.3, 0.4) is 0 Å². The van der Waals surface area contributed by atoms with Gasteiger partial charge in [-0.25, -0.2) is 4.98 Å². The fourth-order valence-electron chi connectivity index (χ4n) is 3.95. The van der Waals surface area contributed by atoms with Gasteiger partial charge in [0.1, 0.15) is 5.82 Å². The molecule has 0 spiro atoms. The maximum absolute atomic E-state index is 9.66. The highest BCUT2D eigenvalue weighted by Crippen LogP contribution is 2.36. The molecule has 1 aliphatic rings. The molecule has 1 aliphatic carbocycles. The standard InChI is InChI=1S/C23H21N5O/c1-14-12-21(28-23(24-14)26-22(27-28)15(2)29)25-20-11-10-17-8-9-18(13-19(17)20)16-6-4-3-5-7-16/h3-9,12-13,20,25,29H,2,10-11H2,1H3/t20-/m0/s1. The number of aliphatic hydroxyl groups is 1. The number of hydrogen-bond acceptors (Lipinski definition) is 5. The molecular formula is C23H21N5O. The number of rotatable bonds is 4. The molecule has 6 nitrogen and oxygen atoms in total. The van der Waals surface area contributed by atoms with Crippen molar-refractivity contribution in [2.75, 3.05) is 5.32 Å². The second kappa shape index (κ2) is 6.74. The number of hydrogen-bond donors (Lipinski definition) is 2. The van der Waals surface area contributed by atoms with Gasteiger partial charge >= 0.3 is 0 Å². The Morgan fingerprint density at radius 1 is 1.10 bits per heavy atom. The highest BCUT2D eigenvalue weighted by atomic mass is 16.3. The lowest BCUT2D eigenvalue weighted by Gasteiger charge is -2.17. The van der Waals surface area contributed by atoms with Crippen LogP contribution in [0.2, 0.25) is 0 Å². The van der Waals surface area contributed by atoms with E-state index in [0.29, 0.717) is 5.78 Å². The molecule has 0 unspecified atom stereocenters. The number of fused-ring (bicyclic) bond motifs is 2. The summed E-state index contributed by atoms with van der Waals surface area (Å²) in [5, 5.41) is 17.6. The van der Waals surface area contributed by atoms with Crippen LogP contribution < -0.4 is 5.32 Å². The predicted octanol–water partition coefficient (Wildman–Crippen LogP) is 4.73. The van der Waals surface area contributed by atoms with Gasteiger partial charge < -0.3 is 10.4 Å². The largest absolute Gasteiger partial charge is 0.505 e. The summed E-state index contributed by atoms with van der Waals surface area (Å²) in [7, 11) is 0. The number of benzene rings is 2. The first kappa shape index (κ1) is 17.4. The molecule has 0 amide bonds. The molecule has 0 fully saturated rings. The third-order valence-electron chi connectivity index (χ3n) is 5.35. The maximum atomic E-state index is 9.66. The van der Waals surface area contributed by atoms with E-state index in [2.05, 4.69) is 69.4 Å². The number of anilines is 1. The van der Waals surface area contributed by atoms with Crippen LogP contribution in [0.15, 0.2) is 61.2 Å². The zero-order valence-electron chi connectivity index (χ0n) is 16.1. The fourth-order valence-corrected chi connectivity index (χ4v) is 3.95. The van der Waals surface area contributed by atoms with Gasteiger partial charge in [0.15, 0.2) is 5.76 Å². The summed E-state index contributed by atoms with van der Waals surface area (Å²) in [4.78, 5) is 8.67. The Labute approximate surface area is 168 Å². The second-order valence-electron chi connectivity index (χ2n) is 7.39. The molecule has 5 rings (SSSR count). The van der Waals surface area contributed by atoms with Gasteiger partial charge in [-0.1, -0.05) is 49.0 Å². The van der Waals surface area contributed by atoms with Crippen molar-refractivity contribution in [3.05, 3.63) is 83.8 Å². The van der Waals surface area contributed by atoms with E-state index in [0.717, 1.165) is 24.4 Å². The quantitative estimate of drug-likeness (QED) is 0.499. The maximum Gasteiger partial charge on any atom is 0.254 e. The van der Waals surface area contributed by atoms with Crippen molar-refractivity contribution in [3.8, 4) is 11.1 Å². The third-order valence-corrected chi connectivity index (χ3v) is 5.35. The summed E-state index contributed by atoms with van der Waals surface area (Å²) in [6.45, 7) is 5.43. The van der Waals surface area contributed by atoms with Crippen molar-refractivity contribution in [1.82, 2.24) is 19.6 Å². The predicted molar refractivity (Wildman–Crippen MR) is 114 cm³/mol. The van der Waals surface area contributed by atoms with E-state index in [1.54, 1.807) is 4.52 Å². The van der Waals surface area contributed by atoms with E-state index in [1.807, 2.05) is 19.1 Å². The van der Waals surface area contributed by atoms with Gasteiger partial charge in [-0.2, -0.15) is 9.50 Å². The summed E-state index contributed by atoms with van der Waals surface area (Å²) < 4.78 is 1.63. The van der Waals surface area contributed by atoms with Crippen molar-refractivity contribution < 1.29 is 5.11 Å². The third kappa shape index (κ3) is 3.12. The fraction of sp³-hybridized carbons (Fsp3) is 0.174. The van der Waals surface area contributed by atoms with Crippen molar-refractivity contribution in [1.29, 1.82) is 0 Å². The summed E-state index contributed by atoms with van der Waals surface area (Å²) >= 11 is 0. The topological polar surface area (TPSA) is 75.3 Å². The van der Waals surface area contributed by atoms with Crippen LogP contribution in [0.1, 0.15) is 35.1 Å². The summed E-state index contributed by atoms with van der Waals surface area (Å²) in [5.74, 6) is 1.26. The van der Waals surface area contributed by atoms with Crippen molar-refractivity contribution >= 4 is 17.4 Å². The summed E-state index contributed by atoms with van der Waals surface area (Å²) in [6, 6.07) is 19.2. The van der Waals surface area contributed by atoms with Crippen molar-refractivity contribution in [2.45, 2.75) is 25.8 Å². The van der Waals surface area contributed by atoms with E-state index in [1.165, 1.54) is 22.3 Å². The Bertz CT molecular complexity index is 1230. The normalized spacial score (nSPS) is 15.4. The zero-order valence-corrected chi connectivity index (χ0v) is 16.1. The van der Waals surface area contributed by atoms with Gasteiger partial charge in [0, 0.05) is 11.8 Å². The average Bonchev–Trinajstić information content (AvgIpc) is 3.33. The van der Waals surface area contributed by atoms with Crippen LogP contribution in [0.4, 0.5) is 5.82 Å².